The van der Waals surface area contributed by atoms with Crippen LogP contribution >= 0.6 is 11.8 Å². The average molecular weight is 357 g/mol. The number of nitrogens with one attached hydrogen (secondary N) is 1. The minimum absolute atomic E-state index is 0.0784. The first-order valence-electron chi connectivity index (χ1n) is 8.99. The van der Waals surface area contributed by atoms with Crippen LogP contribution in [0.25, 0.3) is 5.69 Å². The van der Waals surface area contributed by atoms with Crippen molar-refractivity contribution in [3.63, 3.8) is 0 Å². The van der Waals surface area contributed by atoms with Crippen LogP contribution in [0.15, 0.2) is 35.5 Å². The van der Waals surface area contributed by atoms with E-state index in [0.717, 1.165) is 42.7 Å². The summed E-state index contributed by atoms with van der Waals surface area (Å²) >= 11 is 1.46. The van der Waals surface area contributed by atoms with Crippen LogP contribution in [0.1, 0.15) is 32.1 Å². The number of benzene rings is 1. The highest BCUT2D eigenvalue weighted by molar-refractivity contribution is 7.99. The van der Waals surface area contributed by atoms with E-state index in [0.29, 0.717) is 11.8 Å². The fraction of sp³-hybridized carbons (Fsp3) is 0.500. The van der Waals surface area contributed by atoms with Gasteiger partial charge >= 0.3 is 0 Å². The van der Waals surface area contributed by atoms with E-state index >= 15 is 0 Å². The Bertz CT molecular complexity index is 722. The van der Waals surface area contributed by atoms with Gasteiger partial charge in [0.25, 0.3) is 0 Å². The Morgan fingerprint density at radius 2 is 1.88 bits per heavy atom. The number of piperidine rings is 1. The molecule has 2 fully saturated rings. The van der Waals surface area contributed by atoms with Crippen LogP contribution < -0.4 is 10.2 Å². The lowest BCUT2D eigenvalue weighted by molar-refractivity contribution is -0.118. The summed E-state index contributed by atoms with van der Waals surface area (Å²) in [4.78, 5) is 14.3. The number of nitrogens with zero attached hydrogens (tertiary/aromatic N) is 4. The summed E-state index contributed by atoms with van der Waals surface area (Å²) in [5, 5.41) is 12.6. The van der Waals surface area contributed by atoms with Crippen molar-refractivity contribution in [1.29, 1.82) is 0 Å². The van der Waals surface area contributed by atoms with Crippen molar-refractivity contribution < 1.29 is 4.79 Å². The number of para-hydroxylation sites is 1. The number of anilines is 1. The van der Waals surface area contributed by atoms with Gasteiger partial charge in [0.15, 0.2) is 5.16 Å². The van der Waals surface area contributed by atoms with Crippen LogP contribution in [0.5, 0.6) is 0 Å². The van der Waals surface area contributed by atoms with Gasteiger partial charge in [0.1, 0.15) is 0 Å². The van der Waals surface area contributed by atoms with Gasteiger partial charge in [-0.15, -0.1) is 10.2 Å². The molecule has 2 aromatic rings. The number of aromatic nitrogens is 3. The lowest BCUT2D eigenvalue weighted by Gasteiger charge is -2.27. The van der Waals surface area contributed by atoms with E-state index in [1.807, 2.05) is 18.2 Å². The molecule has 1 N–H and O–H groups in total. The average Bonchev–Trinajstić information content (AvgIpc) is 3.37. The zero-order chi connectivity index (χ0) is 17.1. The van der Waals surface area contributed by atoms with Crippen LogP contribution in [0.2, 0.25) is 0 Å². The number of hydrogen-bond donors (Lipinski definition) is 1. The minimum Gasteiger partial charge on any atom is -0.353 e. The Balaban J connectivity index is 1.57. The van der Waals surface area contributed by atoms with E-state index in [1.165, 1.54) is 31.0 Å². The zero-order valence-corrected chi connectivity index (χ0v) is 15.0. The summed E-state index contributed by atoms with van der Waals surface area (Å²) in [6.45, 7) is 2.02. The first-order valence-corrected chi connectivity index (χ1v) is 9.98. The Morgan fingerprint density at radius 1 is 1.12 bits per heavy atom. The second-order valence-corrected chi connectivity index (χ2v) is 7.57. The lowest BCUT2D eigenvalue weighted by Crippen LogP contribution is -2.31. The molecule has 1 saturated carbocycles. The van der Waals surface area contributed by atoms with Gasteiger partial charge in [-0.25, -0.2) is 0 Å². The summed E-state index contributed by atoms with van der Waals surface area (Å²) in [5.41, 5.74) is 1.04. The van der Waals surface area contributed by atoms with E-state index in [1.54, 1.807) is 0 Å². The summed E-state index contributed by atoms with van der Waals surface area (Å²) in [6, 6.07) is 10.6. The largest absolute Gasteiger partial charge is 0.353 e. The molecule has 0 unspecified atom stereocenters. The molecule has 1 aliphatic carbocycles. The van der Waals surface area contributed by atoms with Gasteiger partial charge in [-0.1, -0.05) is 30.0 Å². The van der Waals surface area contributed by atoms with E-state index in [2.05, 4.69) is 37.1 Å². The monoisotopic (exact) mass is 357 g/mol. The fourth-order valence-corrected chi connectivity index (χ4v) is 3.84. The van der Waals surface area contributed by atoms with Gasteiger partial charge in [0, 0.05) is 19.1 Å². The standard InChI is InChI=1S/C18H23N5OS/c24-16(19-14-9-10-14)13-25-18-21-20-17(22-11-5-2-6-12-22)23(18)15-7-3-1-4-8-15/h1,3-4,7-8,14H,2,5-6,9-13H2,(H,19,24). The molecule has 1 amide bonds. The lowest BCUT2D eigenvalue weighted by atomic mass is 10.1. The van der Waals surface area contributed by atoms with Gasteiger partial charge in [-0.3, -0.25) is 9.36 Å². The highest BCUT2D eigenvalue weighted by Crippen LogP contribution is 2.28. The van der Waals surface area contributed by atoms with Crippen LogP contribution in [0.4, 0.5) is 5.95 Å². The fourth-order valence-electron chi connectivity index (χ4n) is 3.08. The molecule has 0 radical (unpaired) electrons. The number of thioether (sulfide) groups is 1. The maximum absolute atomic E-state index is 12.0. The molecule has 4 rings (SSSR count). The summed E-state index contributed by atoms with van der Waals surface area (Å²) in [6.07, 6.45) is 5.87. The molecular weight excluding hydrogens is 334 g/mol. The highest BCUT2D eigenvalue weighted by Gasteiger charge is 2.25. The Hall–Kier alpha value is -2.02. The van der Waals surface area contributed by atoms with Gasteiger partial charge < -0.3 is 10.2 Å². The number of rotatable bonds is 6. The quantitative estimate of drug-likeness (QED) is 0.805. The number of carbonyl (C=O) groups excluding carboxylic acids is 1. The first-order chi connectivity index (χ1) is 12.3. The molecule has 132 valence electrons. The van der Waals surface area contributed by atoms with E-state index in [9.17, 15) is 4.79 Å². The normalized spacial score (nSPS) is 17.5. The molecule has 2 heterocycles. The molecule has 0 spiro atoms. The third kappa shape index (κ3) is 3.98. The van der Waals surface area contributed by atoms with Crippen molar-refractivity contribution in [1.82, 2.24) is 20.1 Å². The second-order valence-electron chi connectivity index (χ2n) is 6.63. The van der Waals surface area contributed by atoms with Crippen molar-refractivity contribution in [3.8, 4) is 5.69 Å². The van der Waals surface area contributed by atoms with E-state index in [4.69, 9.17) is 0 Å². The summed E-state index contributed by atoms with van der Waals surface area (Å²) in [5.74, 6) is 1.34. The second kappa shape index (κ2) is 7.47. The summed E-state index contributed by atoms with van der Waals surface area (Å²) in [7, 11) is 0. The third-order valence-electron chi connectivity index (χ3n) is 4.54. The highest BCUT2D eigenvalue weighted by atomic mass is 32.2. The molecular formula is C18H23N5OS. The molecule has 25 heavy (non-hydrogen) atoms. The van der Waals surface area contributed by atoms with Crippen molar-refractivity contribution >= 4 is 23.6 Å². The molecule has 0 atom stereocenters. The van der Waals surface area contributed by atoms with E-state index in [-0.39, 0.29) is 5.91 Å². The first kappa shape index (κ1) is 16.4. The molecule has 6 nitrogen and oxygen atoms in total. The Kier molecular flexibility index (Phi) is 4.92. The third-order valence-corrected chi connectivity index (χ3v) is 5.47. The minimum atomic E-state index is 0.0784. The maximum Gasteiger partial charge on any atom is 0.232 e. The molecule has 7 heteroatoms. The van der Waals surface area contributed by atoms with Gasteiger partial charge in [0.2, 0.25) is 11.9 Å². The van der Waals surface area contributed by atoms with Crippen LogP contribution in [0, 0.1) is 0 Å². The van der Waals surface area contributed by atoms with Gasteiger partial charge in [-0.05, 0) is 44.2 Å². The molecule has 1 aliphatic heterocycles. The molecule has 1 aromatic heterocycles. The number of amides is 1. The predicted molar refractivity (Wildman–Crippen MR) is 99.3 cm³/mol. The summed E-state index contributed by atoms with van der Waals surface area (Å²) < 4.78 is 2.08. The maximum atomic E-state index is 12.0. The van der Waals surface area contributed by atoms with Gasteiger partial charge in [-0.2, -0.15) is 0 Å². The Labute approximate surface area is 152 Å². The molecule has 1 saturated heterocycles. The zero-order valence-electron chi connectivity index (χ0n) is 14.2. The van der Waals surface area contributed by atoms with Crippen LogP contribution in [0.3, 0.4) is 0 Å². The SMILES string of the molecule is O=C(CSc1nnc(N2CCCCC2)n1-c1ccccc1)NC1CC1. The predicted octanol–water partition coefficient (Wildman–Crippen LogP) is 2.63. The van der Waals surface area contributed by atoms with Crippen LogP contribution in [-0.4, -0.2) is 45.6 Å². The van der Waals surface area contributed by atoms with Crippen molar-refractivity contribution in [2.75, 3.05) is 23.7 Å². The van der Waals surface area contributed by atoms with Crippen LogP contribution in [-0.2, 0) is 4.79 Å². The number of hydrogen-bond acceptors (Lipinski definition) is 5. The number of carbonyl (C=O) groups is 1. The van der Waals surface area contributed by atoms with Crippen molar-refractivity contribution in [2.45, 2.75) is 43.3 Å². The smallest absolute Gasteiger partial charge is 0.232 e. The molecule has 2 aliphatic rings. The van der Waals surface area contributed by atoms with Gasteiger partial charge in [0.05, 0.1) is 11.4 Å². The Morgan fingerprint density at radius 3 is 2.60 bits per heavy atom. The molecule has 0 bridgehead atoms. The topological polar surface area (TPSA) is 63.1 Å². The van der Waals surface area contributed by atoms with E-state index < -0.39 is 0 Å². The molecule has 1 aromatic carbocycles. The van der Waals surface area contributed by atoms with Crippen molar-refractivity contribution in [2.24, 2.45) is 0 Å². The van der Waals surface area contributed by atoms with Crippen molar-refractivity contribution in [3.05, 3.63) is 30.3 Å².